The summed E-state index contributed by atoms with van der Waals surface area (Å²) in [5.74, 6) is 0. The highest BCUT2D eigenvalue weighted by molar-refractivity contribution is 7.99. The Morgan fingerprint density at radius 2 is 0.927 bits per heavy atom. The van der Waals surface area contributed by atoms with Gasteiger partial charge in [0.25, 0.3) is 0 Å². The zero-order chi connectivity index (χ0) is 36.6. The number of benzene rings is 9. The predicted molar refractivity (Wildman–Crippen MR) is 238 cm³/mol. The molecule has 0 radical (unpaired) electrons. The average molecular weight is 738 g/mol. The molecular weight excluding hydrogens is 703 g/mol. The number of hydrogen-bond donors (Lipinski definition) is 0. The van der Waals surface area contributed by atoms with Gasteiger partial charge in [0.2, 0.25) is 0 Å². The van der Waals surface area contributed by atoms with Gasteiger partial charge in [-0.1, -0.05) is 169 Å². The van der Waals surface area contributed by atoms with Crippen LogP contribution in [-0.2, 0) is 0 Å². The number of hydrogen-bond acceptors (Lipinski definition) is 3. The van der Waals surface area contributed by atoms with E-state index < -0.39 is 0 Å². The molecule has 0 bridgehead atoms. The fraction of sp³-hybridized carbons (Fsp3) is 0. The van der Waals surface area contributed by atoms with E-state index in [0.717, 1.165) is 17.1 Å². The molecule has 55 heavy (non-hydrogen) atoms. The molecule has 0 aliphatic rings. The third kappa shape index (κ3) is 6.38. The van der Waals surface area contributed by atoms with Crippen LogP contribution >= 0.6 is 23.1 Å². The average Bonchev–Trinajstić information content (AvgIpc) is 3.62. The summed E-state index contributed by atoms with van der Waals surface area (Å²) in [5, 5.41) is 4.99. The van der Waals surface area contributed by atoms with Crippen molar-refractivity contribution in [1.82, 2.24) is 0 Å². The zero-order valence-corrected chi connectivity index (χ0v) is 31.6. The van der Waals surface area contributed by atoms with Crippen LogP contribution in [0.15, 0.2) is 222 Å². The van der Waals surface area contributed by atoms with Gasteiger partial charge in [-0.05, 0) is 93.4 Å². The molecular formula is C52H35NS2. The van der Waals surface area contributed by atoms with Crippen LogP contribution in [0.3, 0.4) is 0 Å². The quantitative estimate of drug-likeness (QED) is 0.153. The summed E-state index contributed by atoms with van der Waals surface area (Å²) in [6, 6.07) is 77.1. The molecule has 0 saturated carbocycles. The summed E-state index contributed by atoms with van der Waals surface area (Å²) >= 11 is 3.68. The largest absolute Gasteiger partial charge is 0.310 e. The molecule has 0 amide bonds. The Labute approximate surface area is 329 Å². The van der Waals surface area contributed by atoms with Crippen molar-refractivity contribution in [1.29, 1.82) is 0 Å². The lowest BCUT2D eigenvalue weighted by molar-refractivity contribution is 1.28. The van der Waals surface area contributed by atoms with Gasteiger partial charge in [0, 0.05) is 46.7 Å². The van der Waals surface area contributed by atoms with Gasteiger partial charge in [-0.3, -0.25) is 0 Å². The summed E-state index contributed by atoms with van der Waals surface area (Å²) in [7, 11) is 0. The number of nitrogens with zero attached hydrogens (tertiary/aromatic N) is 1. The summed E-state index contributed by atoms with van der Waals surface area (Å²) in [6.45, 7) is 0. The Kier molecular flexibility index (Phi) is 8.72. The fourth-order valence-corrected chi connectivity index (χ4v) is 9.84. The molecule has 3 heteroatoms. The maximum atomic E-state index is 2.46. The highest BCUT2D eigenvalue weighted by atomic mass is 32.2. The maximum absolute atomic E-state index is 2.46. The first kappa shape index (κ1) is 33.2. The van der Waals surface area contributed by atoms with Crippen molar-refractivity contribution in [3.63, 3.8) is 0 Å². The summed E-state index contributed by atoms with van der Waals surface area (Å²) in [6.07, 6.45) is 0. The predicted octanol–water partition coefficient (Wildman–Crippen LogP) is 15.8. The Morgan fingerprint density at radius 1 is 0.345 bits per heavy atom. The first-order chi connectivity index (χ1) is 27.3. The summed E-state index contributed by atoms with van der Waals surface area (Å²) < 4.78 is 2.58. The third-order valence-electron chi connectivity index (χ3n) is 10.3. The number of fused-ring (bicyclic) bond motifs is 4. The van der Waals surface area contributed by atoms with Crippen LogP contribution in [0.4, 0.5) is 17.1 Å². The van der Waals surface area contributed by atoms with Crippen LogP contribution in [0.2, 0.25) is 0 Å². The minimum atomic E-state index is 1.11. The molecule has 0 aliphatic carbocycles. The second-order valence-electron chi connectivity index (χ2n) is 13.7. The van der Waals surface area contributed by atoms with Crippen molar-refractivity contribution in [3.05, 3.63) is 212 Å². The Bertz CT molecular complexity index is 2940. The normalized spacial score (nSPS) is 11.3. The molecule has 0 N–H and O–H groups in total. The second kappa shape index (κ2) is 14.4. The molecule has 1 aromatic heterocycles. The van der Waals surface area contributed by atoms with Crippen LogP contribution in [-0.4, -0.2) is 0 Å². The van der Waals surface area contributed by atoms with E-state index in [2.05, 4.69) is 217 Å². The van der Waals surface area contributed by atoms with Crippen LogP contribution in [0.5, 0.6) is 0 Å². The standard InChI is InChI=1S/C52H35NS2/c1-5-15-36(16-6-1)39-25-28-47-48-34-40(27-32-50(48)55-51(47)33-39)53(49-31-30-43(37-17-7-2-8-18-37)45-23-13-14-24-46(45)49)41-26-29-44(38-19-9-3-10-20-38)52(35-41)54-42-21-11-4-12-22-42/h1-35H. The highest BCUT2D eigenvalue weighted by Gasteiger charge is 2.21. The molecule has 0 aliphatic heterocycles. The number of rotatable bonds is 8. The van der Waals surface area contributed by atoms with Gasteiger partial charge in [0.15, 0.2) is 0 Å². The first-order valence-electron chi connectivity index (χ1n) is 18.6. The molecule has 0 unspecified atom stereocenters. The van der Waals surface area contributed by atoms with Crippen LogP contribution in [0, 0.1) is 0 Å². The molecule has 0 fully saturated rings. The van der Waals surface area contributed by atoms with Gasteiger partial charge in [-0.25, -0.2) is 0 Å². The van der Waals surface area contributed by atoms with Gasteiger partial charge >= 0.3 is 0 Å². The zero-order valence-electron chi connectivity index (χ0n) is 30.0. The summed E-state index contributed by atoms with van der Waals surface area (Å²) in [4.78, 5) is 4.88. The van der Waals surface area contributed by atoms with Crippen molar-refractivity contribution in [2.45, 2.75) is 9.79 Å². The molecule has 9 aromatic carbocycles. The van der Waals surface area contributed by atoms with Crippen LogP contribution in [0.25, 0.3) is 64.3 Å². The van der Waals surface area contributed by atoms with E-state index in [9.17, 15) is 0 Å². The minimum absolute atomic E-state index is 1.11. The smallest absolute Gasteiger partial charge is 0.0540 e. The molecule has 1 nitrogen and oxygen atoms in total. The Balaban J connectivity index is 1.19. The third-order valence-corrected chi connectivity index (χ3v) is 12.5. The minimum Gasteiger partial charge on any atom is -0.310 e. The van der Waals surface area contributed by atoms with E-state index in [-0.39, 0.29) is 0 Å². The van der Waals surface area contributed by atoms with Gasteiger partial charge in [-0.15, -0.1) is 11.3 Å². The van der Waals surface area contributed by atoms with Crippen molar-refractivity contribution < 1.29 is 0 Å². The van der Waals surface area contributed by atoms with E-state index in [1.54, 1.807) is 0 Å². The van der Waals surface area contributed by atoms with Gasteiger partial charge in [0.1, 0.15) is 0 Å². The Morgan fingerprint density at radius 3 is 1.65 bits per heavy atom. The fourth-order valence-electron chi connectivity index (χ4n) is 7.70. The SMILES string of the molecule is c1ccc(Sc2cc(N(c3ccc4sc5cc(-c6ccccc6)ccc5c4c3)c3ccc(-c4ccccc4)c4ccccc34)ccc2-c2ccccc2)cc1. The first-order valence-corrected chi connectivity index (χ1v) is 20.2. The molecule has 0 saturated heterocycles. The molecule has 0 atom stereocenters. The number of anilines is 3. The highest BCUT2D eigenvalue weighted by Crippen LogP contribution is 2.47. The molecule has 0 spiro atoms. The van der Waals surface area contributed by atoms with Gasteiger partial charge in [-0.2, -0.15) is 0 Å². The monoisotopic (exact) mass is 737 g/mol. The van der Waals surface area contributed by atoms with E-state index in [0.29, 0.717) is 0 Å². The van der Waals surface area contributed by atoms with Crippen molar-refractivity contribution in [2.24, 2.45) is 0 Å². The molecule has 10 aromatic rings. The van der Waals surface area contributed by atoms with E-state index in [1.165, 1.54) is 74.1 Å². The maximum Gasteiger partial charge on any atom is 0.0540 e. The lowest BCUT2D eigenvalue weighted by atomic mass is 9.96. The number of thiophene rings is 1. The van der Waals surface area contributed by atoms with Crippen molar-refractivity contribution in [3.8, 4) is 33.4 Å². The van der Waals surface area contributed by atoms with Crippen molar-refractivity contribution >= 4 is 71.1 Å². The second-order valence-corrected chi connectivity index (χ2v) is 15.9. The van der Waals surface area contributed by atoms with Crippen LogP contribution in [0.1, 0.15) is 0 Å². The lowest BCUT2D eigenvalue weighted by Gasteiger charge is -2.28. The summed E-state index contributed by atoms with van der Waals surface area (Å²) in [5.41, 5.74) is 10.7. The van der Waals surface area contributed by atoms with E-state index in [1.807, 2.05) is 23.1 Å². The van der Waals surface area contributed by atoms with Crippen LogP contribution < -0.4 is 4.90 Å². The molecule has 10 rings (SSSR count). The van der Waals surface area contributed by atoms with E-state index in [4.69, 9.17) is 0 Å². The van der Waals surface area contributed by atoms with E-state index >= 15 is 0 Å². The molecule has 1 heterocycles. The topological polar surface area (TPSA) is 3.24 Å². The molecule has 260 valence electrons. The van der Waals surface area contributed by atoms with Gasteiger partial charge in [0.05, 0.1) is 5.69 Å². The Hall–Kier alpha value is -6.39. The lowest BCUT2D eigenvalue weighted by Crippen LogP contribution is -2.11. The van der Waals surface area contributed by atoms with Gasteiger partial charge < -0.3 is 4.90 Å². The van der Waals surface area contributed by atoms with Crippen molar-refractivity contribution in [2.75, 3.05) is 4.90 Å².